The van der Waals surface area contributed by atoms with Gasteiger partial charge < -0.3 is 10.2 Å². The maximum atomic E-state index is 11.7. The maximum Gasteiger partial charge on any atom is 0.236 e. The number of nitrogens with one attached hydrogen (secondary N) is 1. The molecule has 0 radical (unpaired) electrons. The van der Waals surface area contributed by atoms with Crippen molar-refractivity contribution in [2.24, 2.45) is 5.92 Å². The Morgan fingerprint density at radius 3 is 3.00 bits per heavy atom. The molecule has 86 valence electrons. The lowest BCUT2D eigenvalue weighted by Gasteiger charge is -2.36. The molecule has 2 unspecified atom stereocenters. The Labute approximate surface area is 91.6 Å². The SMILES string of the molecule is CN(C)C(=O)CN1CCCC2CNCC21. The molecule has 2 rings (SSSR count). The van der Waals surface area contributed by atoms with Gasteiger partial charge in [-0.2, -0.15) is 0 Å². The first-order valence-corrected chi connectivity index (χ1v) is 5.83. The molecule has 0 spiro atoms. The Balaban J connectivity index is 1.93. The van der Waals surface area contributed by atoms with Gasteiger partial charge in [0.15, 0.2) is 0 Å². The van der Waals surface area contributed by atoms with Crippen molar-refractivity contribution in [2.45, 2.75) is 18.9 Å². The molecule has 0 aromatic carbocycles. The first kappa shape index (κ1) is 10.9. The molecule has 2 atom stereocenters. The van der Waals surface area contributed by atoms with Crippen LogP contribution < -0.4 is 5.32 Å². The van der Waals surface area contributed by atoms with Crippen molar-refractivity contribution in [1.29, 1.82) is 0 Å². The number of piperidine rings is 1. The molecule has 2 saturated heterocycles. The maximum absolute atomic E-state index is 11.7. The summed E-state index contributed by atoms with van der Waals surface area (Å²) in [7, 11) is 3.66. The highest BCUT2D eigenvalue weighted by atomic mass is 16.2. The second-order valence-electron chi connectivity index (χ2n) is 4.89. The molecule has 4 nitrogen and oxygen atoms in total. The van der Waals surface area contributed by atoms with Gasteiger partial charge in [-0.1, -0.05) is 0 Å². The molecule has 1 amide bonds. The summed E-state index contributed by atoms with van der Waals surface area (Å²) >= 11 is 0. The fraction of sp³-hybridized carbons (Fsp3) is 0.909. The van der Waals surface area contributed by atoms with Crippen LogP contribution in [0.1, 0.15) is 12.8 Å². The number of likely N-dealkylation sites (N-methyl/N-ethyl adjacent to an activating group) is 1. The molecule has 0 aromatic rings. The van der Waals surface area contributed by atoms with Crippen LogP contribution in [0.15, 0.2) is 0 Å². The Kier molecular flexibility index (Phi) is 3.26. The predicted molar refractivity (Wildman–Crippen MR) is 59.6 cm³/mol. The molecule has 2 fully saturated rings. The van der Waals surface area contributed by atoms with E-state index in [0.29, 0.717) is 12.6 Å². The van der Waals surface area contributed by atoms with Gasteiger partial charge in [0, 0.05) is 26.7 Å². The van der Waals surface area contributed by atoms with Gasteiger partial charge in [0.25, 0.3) is 0 Å². The van der Waals surface area contributed by atoms with E-state index in [0.717, 1.165) is 25.6 Å². The largest absolute Gasteiger partial charge is 0.348 e. The lowest BCUT2D eigenvalue weighted by atomic mass is 9.92. The summed E-state index contributed by atoms with van der Waals surface area (Å²) in [5, 5.41) is 3.43. The van der Waals surface area contributed by atoms with Crippen molar-refractivity contribution in [2.75, 3.05) is 40.3 Å². The quantitative estimate of drug-likeness (QED) is 0.684. The standard InChI is InChI=1S/C11H21N3O/c1-13(2)11(15)8-14-5-3-4-9-6-12-7-10(9)14/h9-10,12H,3-8H2,1-2H3. The number of hydrogen-bond acceptors (Lipinski definition) is 3. The first-order valence-electron chi connectivity index (χ1n) is 5.83. The molecule has 0 saturated carbocycles. The zero-order chi connectivity index (χ0) is 10.8. The van der Waals surface area contributed by atoms with E-state index < -0.39 is 0 Å². The van der Waals surface area contributed by atoms with Gasteiger partial charge in [-0.3, -0.25) is 9.69 Å². The zero-order valence-corrected chi connectivity index (χ0v) is 9.70. The van der Waals surface area contributed by atoms with Gasteiger partial charge in [0.05, 0.1) is 6.54 Å². The fourth-order valence-electron chi connectivity index (χ4n) is 2.67. The lowest BCUT2D eigenvalue weighted by Crippen LogP contribution is -2.49. The van der Waals surface area contributed by atoms with E-state index in [1.165, 1.54) is 12.8 Å². The highest BCUT2D eigenvalue weighted by Gasteiger charge is 2.35. The number of nitrogens with zero attached hydrogens (tertiary/aromatic N) is 2. The van der Waals surface area contributed by atoms with Crippen LogP contribution in [-0.4, -0.2) is 62.0 Å². The second-order valence-corrected chi connectivity index (χ2v) is 4.89. The molecule has 2 aliphatic rings. The number of carbonyl (C=O) groups excluding carboxylic acids is 1. The van der Waals surface area contributed by atoms with Crippen molar-refractivity contribution in [3.05, 3.63) is 0 Å². The van der Waals surface area contributed by atoms with E-state index >= 15 is 0 Å². The average Bonchev–Trinajstić information content (AvgIpc) is 2.66. The van der Waals surface area contributed by atoms with Crippen molar-refractivity contribution in [3.63, 3.8) is 0 Å². The Hall–Kier alpha value is -0.610. The summed E-state index contributed by atoms with van der Waals surface area (Å²) < 4.78 is 0. The Morgan fingerprint density at radius 2 is 2.27 bits per heavy atom. The molecule has 0 aromatic heterocycles. The summed E-state index contributed by atoms with van der Waals surface area (Å²) in [6.07, 6.45) is 2.56. The normalized spacial score (nSPS) is 31.3. The van der Waals surface area contributed by atoms with E-state index in [4.69, 9.17) is 0 Å². The number of rotatable bonds is 2. The molecular weight excluding hydrogens is 190 g/mol. The predicted octanol–water partition coefficient (Wildman–Crippen LogP) is -0.242. The van der Waals surface area contributed by atoms with E-state index in [1.54, 1.807) is 4.90 Å². The van der Waals surface area contributed by atoms with Crippen LogP contribution in [0.2, 0.25) is 0 Å². The van der Waals surface area contributed by atoms with Crippen molar-refractivity contribution >= 4 is 5.91 Å². The number of hydrogen-bond donors (Lipinski definition) is 1. The van der Waals surface area contributed by atoms with E-state index in [1.807, 2.05) is 14.1 Å². The summed E-state index contributed by atoms with van der Waals surface area (Å²) in [4.78, 5) is 15.7. The lowest BCUT2D eigenvalue weighted by molar-refractivity contribution is -0.131. The number of likely N-dealkylation sites (tertiary alicyclic amines) is 1. The van der Waals surface area contributed by atoms with E-state index in [9.17, 15) is 4.79 Å². The molecule has 0 bridgehead atoms. The van der Waals surface area contributed by atoms with Gasteiger partial charge in [-0.05, 0) is 31.8 Å². The van der Waals surface area contributed by atoms with Gasteiger partial charge in [-0.15, -0.1) is 0 Å². The molecule has 4 heteroatoms. The van der Waals surface area contributed by atoms with Crippen LogP contribution in [0.4, 0.5) is 0 Å². The number of amides is 1. The van der Waals surface area contributed by atoms with Crippen LogP contribution in [0, 0.1) is 5.92 Å². The third-order valence-electron chi connectivity index (χ3n) is 3.63. The topological polar surface area (TPSA) is 35.6 Å². The Morgan fingerprint density at radius 1 is 1.47 bits per heavy atom. The van der Waals surface area contributed by atoms with Gasteiger partial charge in [0.1, 0.15) is 0 Å². The third kappa shape index (κ3) is 2.32. The summed E-state index contributed by atoms with van der Waals surface area (Å²) in [5.74, 6) is 0.997. The van der Waals surface area contributed by atoms with Gasteiger partial charge in [-0.25, -0.2) is 0 Å². The first-order chi connectivity index (χ1) is 7.18. The molecular formula is C11H21N3O. The number of carbonyl (C=O) groups is 1. The molecule has 2 aliphatic heterocycles. The van der Waals surface area contributed by atoms with Crippen LogP contribution in [0.3, 0.4) is 0 Å². The van der Waals surface area contributed by atoms with Crippen LogP contribution in [0.5, 0.6) is 0 Å². The minimum Gasteiger partial charge on any atom is -0.348 e. The van der Waals surface area contributed by atoms with E-state index in [-0.39, 0.29) is 5.91 Å². The summed E-state index contributed by atoms with van der Waals surface area (Å²) in [5.41, 5.74) is 0. The van der Waals surface area contributed by atoms with Crippen molar-refractivity contribution < 1.29 is 4.79 Å². The van der Waals surface area contributed by atoms with Crippen LogP contribution >= 0.6 is 0 Å². The van der Waals surface area contributed by atoms with Gasteiger partial charge in [0.2, 0.25) is 5.91 Å². The minimum atomic E-state index is 0.225. The molecule has 0 aliphatic carbocycles. The smallest absolute Gasteiger partial charge is 0.236 e. The van der Waals surface area contributed by atoms with Crippen molar-refractivity contribution in [3.8, 4) is 0 Å². The Bertz CT molecular complexity index is 242. The third-order valence-corrected chi connectivity index (χ3v) is 3.63. The molecule has 2 heterocycles. The second kappa shape index (κ2) is 4.49. The highest BCUT2D eigenvalue weighted by Crippen LogP contribution is 2.25. The van der Waals surface area contributed by atoms with Crippen molar-refractivity contribution in [1.82, 2.24) is 15.1 Å². The van der Waals surface area contributed by atoms with Gasteiger partial charge >= 0.3 is 0 Å². The molecule has 1 N–H and O–H groups in total. The minimum absolute atomic E-state index is 0.225. The summed E-state index contributed by atoms with van der Waals surface area (Å²) in [6.45, 7) is 3.88. The van der Waals surface area contributed by atoms with Crippen LogP contribution in [0.25, 0.3) is 0 Å². The molecule has 15 heavy (non-hydrogen) atoms. The highest BCUT2D eigenvalue weighted by molar-refractivity contribution is 5.77. The van der Waals surface area contributed by atoms with Crippen LogP contribution in [-0.2, 0) is 4.79 Å². The summed E-state index contributed by atoms with van der Waals surface area (Å²) in [6, 6.07) is 0.600. The zero-order valence-electron chi connectivity index (χ0n) is 9.70. The monoisotopic (exact) mass is 211 g/mol. The number of fused-ring (bicyclic) bond motifs is 1. The van der Waals surface area contributed by atoms with E-state index in [2.05, 4.69) is 10.2 Å². The average molecular weight is 211 g/mol. The fourth-order valence-corrected chi connectivity index (χ4v) is 2.67.